The largest absolute Gasteiger partial charge is 0.481 e. The fraction of sp³-hybridized carbons (Fsp3) is 0.526. The highest BCUT2D eigenvalue weighted by molar-refractivity contribution is 5.99. The molecule has 25 heavy (non-hydrogen) atoms. The lowest BCUT2D eigenvalue weighted by Crippen LogP contribution is -2.40. The van der Waals surface area contributed by atoms with E-state index in [1.54, 1.807) is 41.1 Å². The van der Waals surface area contributed by atoms with E-state index in [4.69, 9.17) is 5.11 Å². The standard InChI is InChI=1S/C19H24N2O4/c1-3-20(2)16(22)13-5-4-6-14(11-13)17(23)21-9-7-19(8-10-21)12-15(19)18(24)25/h4-6,11,15H,3,7-10,12H2,1-2H3,(H,24,25). The maximum atomic E-state index is 12.7. The quantitative estimate of drug-likeness (QED) is 0.907. The predicted molar refractivity (Wildman–Crippen MR) is 92.4 cm³/mol. The van der Waals surface area contributed by atoms with Crippen molar-refractivity contribution in [2.45, 2.75) is 26.2 Å². The molecule has 1 unspecified atom stereocenters. The van der Waals surface area contributed by atoms with E-state index in [1.807, 2.05) is 6.92 Å². The molecule has 1 aromatic carbocycles. The molecule has 1 heterocycles. The summed E-state index contributed by atoms with van der Waals surface area (Å²) in [5.74, 6) is -1.14. The molecule has 1 saturated carbocycles. The van der Waals surface area contributed by atoms with Gasteiger partial charge in [0.05, 0.1) is 5.92 Å². The second kappa shape index (κ2) is 6.50. The Labute approximate surface area is 147 Å². The molecule has 0 aromatic heterocycles. The third-order valence-electron chi connectivity index (χ3n) is 5.71. The summed E-state index contributed by atoms with van der Waals surface area (Å²) in [5.41, 5.74) is 0.929. The summed E-state index contributed by atoms with van der Waals surface area (Å²) in [5, 5.41) is 9.15. The molecule has 1 N–H and O–H groups in total. The van der Waals surface area contributed by atoms with E-state index < -0.39 is 5.97 Å². The number of benzene rings is 1. The lowest BCUT2D eigenvalue weighted by molar-refractivity contribution is -0.139. The van der Waals surface area contributed by atoms with Gasteiger partial charge in [-0.3, -0.25) is 14.4 Å². The van der Waals surface area contributed by atoms with Crippen LogP contribution in [0.3, 0.4) is 0 Å². The molecule has 2 aliphatic rings. The van der Waals surface area contributed by atoms with Crippen LogP contribution in [0.2, 0.25) is 0 Å². The number of likely N-dealkylation sites (tertiary alicyclic amines) is 1. The third kappa shape index (κ3) is 3.25. The second-order valence-electron chi connectivity index (χ2n) is 7.15. The van der Waals surface area contributed by atoms with Crippen LogP contribution >= 0.6 is 0 Å². The number of rotatable bonds is 4. The van der Waals surface area contributed by atoms with Crippen molar-refractivity contribution < 1.29 is 19.5 Å². The Morgan fingerprint density at radius 1 is 1.24 bits per heavy atom. The summed E-state index contributed by atoms with van der Waals surface area (Å²) in [6.45, 7) is 3.67. The van der Waals surface area contributed by atoms with Gasteiger partial charge < -0.3 is 14.9 Å². The van der Waals surface area contributed by atoms with Crippen LogP contribution in [0.15, 0.2) is 24.3 Å². The van der Waals surface area contributed by atoms with Crippen molar-refractivity contribution in [1.29, 1.82) is 0 Å². The second-order valence-corrected chi connectivity index (χ2v) is 7.15. The normalized spacial score (nSPS) is 21.0. The zero-order chi connectivity index (χ0) is 18.2. The molecular formula is C19H24N2O4. The number of hydrogen-bond donors (Lipinski definition) is 1. The van der Waals surface area contributed by atoms with Crippen molar-refractivity contribution >= 4 is 17.8 Å². The van der Waals surface area contributed by atoms with Crippen LogP contribution in [0.5, 0.6) is 0 Å². The van der Waals surface area contributed by atoms with Crippen molar-refractivity contribution in [2.75, 3.05) is 26.7 Å². The van der Waals surface area contributed by atoms with Crippen LogP contribution in [0.4, 0.5) is 0 Å². The highest BCUT2D eigenvalue weighted by atomic mass is 16.4. The minimum Gasteiger partial charge on any atom is -0.481 e. The number of piperidine rings is 1. The van der Waals surface area contributed by atoms with Crippen LogP contribution in [0.25, 0.3) is 0 Å². The molecule has 134 valence electrons. The first-order valence-electron chi connectivity index (χ1n) is 8.75. The first-order valence-corrected chi connectivity index (χ1v) is 8.75. The highest BCUT2D eigenvalue weighted by Gasteiger charge is 2.59. The van der Waals surface area contributed by atoms with Gasteiger partial charge in [-0.1, -0.05) is 6.07 Å². The average Bonchev–Trinajstić information content (AvgIpc) is 3.34. The molecule has 1 spiro atoms. The van der Waals surface area contributed by atoms with Gasteiger partial charge in [-0.05, 0) is 49.8 Å². The lowest BCUT2D eigenvalue weighted by Gasteiger charge is -2.32. The first-order chi connectivity index (χ1) is 11.9. The van der Waals surface area contributed by atoms with Crippen LogP contribution in [-0.4, -0.2) is 59.4 Å². The molecule has 1 saturated heterocycles. The lowest BCUT2D eigenvalue weighted by atomic mass is 9.90. The van der Waals surface area contributed by atoms with Gasteiger partial charge in [0.25, 0.3) is 11.8 Å². The minimum absolute atomic E-state index is 0.0869. The molecular weight excluding hydrogens is 320 g/mol. The van der Waals surface area contributed by atoms with Crippen molar-refractivity contribution in [2.24, 2.45) is 11.3 Å². The molecule has 1 atom stereocenters. The van der Waals surface area contributed by atoms with E-state index in [0.717, 1.165) is 19.3 Å². The molecule has 3 rings (SSSR count). The number of hydrogen-bond acceptors (Lipinski definition) is 3. The number of carbonyl (C=O) groups excluding carboxylic acids is 2. The van der Waals surface area contributed by atoms with E-state index >= 15 is 0 Å². The zero-order valence-electron chi connectivity index (χ0n) is 14.7. The van der Waals surface area contributed by atoms with E-state index in [0.29, 0.717) is 30.8 Å². The average molecular weight is 344 g/mol. The van der Waals surface area contributed by atoms with Gasteiger partial charge in [0.15, 0.2) is 0 Å². The first kappa shape index (κ1) is 17.5. The molecule has 0 radical (unpaired) electrons. The smallest absolute Gasteiger partial charge is 0.307 e. The Balaban J connectivity index is 1.66. The van der Waals surface area contributed by atoms with Gasteiger partial charge in [-0.2, -0.15) is 0 Å². The molecule has 6 nitrogen and oxygen atoms in total. The topological polar surface area (TPSA) is 77.9 Å². The molecule has 1 aliphatic carbocycles. The van der Waals surface area contributed by atoms with Gasteiger partial charge in [0.1, 0.15) is 0 Å². The highest BCUT2D eigenvalue weighted by Crippen LogP contribution is 2.59. The fourth-order valence-corrected chi connectivity index (χ4v) is 3.74. The van der Waals surface area contributed by atoms with Gasteiger partial charge in [0.2, 0.25) is 0 Å². The zero-order valence-corrected chi connectivity index (χ0v) is 14.7. The van der Waals surface area contributed by atoms with Crippen molar-refractivity contribution in [3.63, 3.8) is 0 Å². The summed E-state index contributed by atoms with van der Waals surface area (Å²) >= 11 is 0. The van der Waals surface area contributed by atoms with Gasteiger partial charge in [-0.25, -0.2) is 0 Å². The molecule has 0 bridgehead atoms. The van der Waals surface area contributed by atoms with Crippen molar-refractivity contribution in [3.8, 4) is 0 Å². The maximum absolute atomic E-state index is 12.7. The Morgan fingerprint density at radius 3 is 2.44 bits per heavy atom. The predicted octanol–water partition coefficient (Wildman–Crippen LogP) is 2.11. The summed E-state index contributed by atoms with van der Waals surface area (Å²) in [7, 11) is 1.73. The SMILES string of the molecule is CCN(C)C(=O)c1cccc(C(=O)N2CCC3(CC2)CC3C(=O)O)c1. The Morgan fingerprint density at radius 2 is 1.88 bits per heavy atom. The summed E-state index contributed by atoms with van der Waals surface area (Å²) in [6.07, 6.45) is 2.22. The number of amides is 2. The Kier molecular flexibility index (Phi) is 4.54. The van der Waals surface area contributed by atoms with E-state index in [1.165, 1.54) is 0 Å². The monoisotopic (exact) mass is 344 g/mol. The summed E-state index contributed by atoms with van der Waals surface area (Å²) in [4.78, 5) is 39.5. The van der Waals surface area contributed by atoms with Gasteiger partial charge in [0, 0.05) is 37.8 Å². The number of carbonyl (C=O) groups is 3. The van der Waals surface area contributed by atoms with Gasteiger partial charge >= 0.3 is 5.97 Å². The molecule has 2 fully saturated rings. The van der Waals surface area contributed by atoms with Crippen LogP contribution in [0.1, 0.15) is 46.9 Å². The van der Waals surface area contributed by atoms with Crippen molar-refractivity contribution in [1.82, 2.24) is 9.80 Å². The van der Waals surface area contributed by atoms with Crippen molar-refractivity contribution in [3.05, 3.63) is 35.4 Å². The number of carboxylic acids is 1. The van der Waals surface area contributed by atoms with E-state index in [9.17, 15) is 14.4 Å². The van der Waals surface area contributed by atoms with Crippen LogP contribution in [0, 0.1) is 11.3 Å². The molecule has 1 aliphatic heterocycles. The molecule has 1 aromatic rings. The number of nitrogens with zero attached hydrogens (tertiary/aromatic N) is 2. The summed E-state index contributed by atoms with van der Waals surface area (Å²) < 4.78 is 0. The van der Waals surface area contributed by atoms with Crippen LogP contribution in [-0.2, 0) is 4.79 Å². The molecule has 2 amide bonds. The fourth-order valence-electron chi connectivity index (χ4n) is 3.74. The third-order valence-corrected chi connectivity index (χ3v) is 5.71. The molecule has 6 heteroatoms. The Bertz CT molecular complexity index is 707. The minimum atomic E-state index is -0.717. The number of carboxylic acid groups (broad SMARTS) is 1. The van der Waals surface area contributed by atoms with E-state index in [2.05, 4.69) is 0 Å². The summed E-state index contributed by atoms with van der Waals surface area (Å²) in [6, 6.07) is 6.83. The van der Waals surface area contributed by atoms with Gasteiger partial charge in [-0.15, -0.1) is 0 Å². The Hall–Kier alpha value is -2.37. The van der Waals surface area contributed by atoms with Crippen LogP contribution < -0.4 is 0 Å². The maximum Gasteiger partial charge on any atom is 0.307 e. The van der Waals surface area contributed by atoms with E-state index in [-0.39, 0.29) is 23.1 Å². The number of aliphatic carboxylic acids is 1.